The van der Waals surface area contributed by atoms with Crippen LogP contribution < -0.4 is 4.80 Å². The van der Waals surface area contributed by atoms with E-state index in [0.717, 1.165) is 0 Å². The molecule has 6 heteroatoms. The largest absolute Gasteiger partial charge is 0.361 e. The Bertz CT molecular complexity index is 606. The van der Waals surface area contributed by atoms with E-state index in [1.165, 1.54) is 11.3 Å². The van der Waals surface area contributed by atoms with Crippen molar-refractivity contribution in [2.24, 2.45) is 12.0 Å². The zero-order valence-corrected chi connectivity index (χ0v) is 10.7. The average molecular weight is 251 g/mol. The Morgan fingerprint density at radius 2 is 2.41 bits per heavy atom. The maximum absolute atomic E-state index is 12.1. The minimum absolute atomic E-state index is 0.293. The van der Waals surface area contributed by atoms with Crippen LogP contribution in [0.25, 0.3) is 0 Å². The van der Waals surface area contributed by atoms with E-state index in [4.69, 9.17) is 4.52 Å². The number of amides is 1. The van der Waals surface area contributed by atoms with Gasteiger partial charge in [0.25, 0.3) is 5.91 Å². The van der Waals surface area contributed by atoms with Crippen LogP contribution in [0.1, 0.15) is 28.7 Å². The summed E-state index contributed by atoms with van der Waals surface area (Å²) in [5.41, 5.74) is 1.15. The third-order valence-electron chi connectivity index (χ3n) is 2.44. The summed E-state index contributed by atoms with van der Waals surface area (Å²) >= 11 is 1.42. The second-order valence-electron chi connectivity index (χ2n) is 3.63. The van der Waals surface area contributed by atoms with Gasteiger partial charge in [0.05, 0.1) is 5.69 Å². The van der Waals surface area contributed by atoms with Gasteiger partial charge >= 0.3 is 0 Å². The van der Waals surface area contributed by atoms with Crippen molar-refractivity contribution in [3.05, 3.63) is 33.4 Å². The number of thiazole rings is 1. The van der Waals surface area contributed by atoms with Gasteiger partial charge in [0.15, 0.2) is 4.80 Å². The van der Waals surface area contributed by atoms with Gasteiger partial charge in [0.1, 0.15) is 11.3 Å². The third kappa shape index (κ3) is 2.21. The lowest BCUT2D eigenvalue weighted by Gasteiger charge is -1.94. The molecule has 2 aromatic heterocycles. The van der Waals surface area contributed by atoms with Gasteiger partial charge in [-0.15, -0.1) is 11.3 Å². The van der Waals surface area contributed by atoms with Crippen molar-refractivity contribution in [2.75, 3.05) is 0 Å². The number of rotatable bonds is 2. The maximum Gasteiger partial charge on any atom is 0.285 e. The monoisotopic (exact) mass is 251 g/mol. The molecular formula is C11H13N3O2S. The number of aryl methyl sites for hydroxylation is 3. The van der Waals surface area contributed by atoms with Crippen molar-refractivity contribution in [3.63, 3.8) is 0 Å². The van der Waals surface area contributed by atoms with Gasteiger partial charge in [-0.05, 0) is 13.3 Å². The molecule has 1 amide bonds. The van der Waals surface area contributed by atoms with Crippen molar-refractivity contribution < 1.29 is 9.32 Å². The first-order valence-corrected chi connectivity index (χ1v) is 6.15. The van der Waals surface area contributed by atoms with Gasteiger partial charge < -0.3 is 9.09 Å². The van der Waals surface area contributed by atoms with E-state index < -0.39 is 0 Å². The summed E-state index contributed by atoms with van der Waals surface area (Å²) in [7, 11) is 1.85. The van der Waals surface area contributed by atoms with Crippen molar-refractivity contribution in [2.45, 2.75) is 20.3 Å². The normalized spacial score (nSPS) is 12.1. The minimum atomic E-state index is -0.293. The molecule has 90 valence electrons. The number of aromatic nitrogens is 2. The van der Waals surface area contributed by atoms with E-state index in [1.54, 1.807) is 11.5 Å². The van der Waals surface area contributed by atoms with Crippen LogP contribution in [0.2, 0.25) is 0 Å². The van der Waals surface area contributed by atoms with E-state index in [0.29, 0.717) is 28.2 Å². The smallest absolute Gasteiger partial charge is 0.285 e. The number of hydrogen-bond donors (Lipinski definition) is 0. The fourth-order valence-electron chi connectivity index (χ4n) is 1.51. The summed E-state index contributed by atoms with van der Waals surface area (Å²) < 4.78 is 6.83. The molecule has 0 aromatic carbocycles. The summed E-state index contributed by atoms with van der Waals surface area (Å²) in [5, 5.41) is 5.73. The zero-order chi connectivity index (χ0) is 12.4. The molecule has 0 atom stereocenters. The first-order chi connectivity index (χ1) is 8.13. The van der Waals surface area contributed by atoms with E-state index in [2.05, 4.69) is 10.1 Å². The Kier molecular flexibility index (Phi) is 3.23. The standard InChI is InChI=1S/C11H13N3O2S/c1-4-8-9(7(2)16-13-8)10(15)12-11-14(3)5-6-17-11/h5-6H,4H2,1-3H3. The molecular weight excluding hydrogens is 238 g/mol. The minimum Gasteiger partial charge on any atom is -0.361 e. The highest BCUT2D eigenvalue weighted by Gasteiger charge is 2.18. The average Bonchev–Trinajstić information content (AvgIpc) is 2.85. The molecule has 0 bridgehead atoms. The molecule has 0 radical (unpaired) electrons. The van der Waals surface area contributed by atoms with Gasteiger partial charge in [-0.3, -0.25) is 4.79 Å². The molecule has 2 rings (SSSR count). The molecule has 0 aliphatic carbocycles. The van der Waals surface area contributed by atoms with Gasteiger partial charge in [-0.25, -0.2) is 0 Å². The lowest BCUT2D eigenvalue weighted by atomic mass is 10.1. The molecule has 2 heterocycles. The van der Waals surface area contributed by atoms with E-state index >= 15 is 0 Å². The zero-order valence-electron chi connectivity index (χ0n) is 9.93. The van der Waals surface area contributed by atoms with Crippen molar-refractivity contribution in [1.29, 1.82) is 0 Å². The van der Waals surface area contributed by atoms with Gasteiger partial charge in [0.2, 0.25) is 0 Å². The van der Waals surface area contributed by atoms with Crippen LogP contribution in [0, 0.1) is 6.92 Å². The summed E-state index contributed by atoms with van der Waals surface area (Å²) in [6.07, 6.45) is 2.52. The summed E-state index contributed by atoms with van der Waals surface area (Å²) in [6, 6.07) is 0. The molecule has 5 nitrogen and oxygen atoms in total. The van der Waals surface area contributed by atoms with Crippen LogP contribution in [-0.4, -0.2) is 15.6 Å². The molecule has 0 saturated heterocycles. The third-order valence-corrected chi connectivity index (χ3v) is 3.29. The highest BCUT2D eigenvalue weighted by atomic mass is 32.1. The van der Waals surface area contributed by atoms with Crippen LogP contribution in [0.3, 0.4) is 0 Å². The van der Waals surface area contributed by atoms with Crippen LogP contribution in [0.5, 0.6) is 0 Å². The highest BCUT2D eigenvalue weighted by molar-refractivity contribution is 7.07. The lowest BCUT2D eigenvalue weighted by Crippen LogP contribution is -2.13. The molecule has 0 N–H and O–H groups in total. The number of carbonyl (C=O) groups is 1. The van der Waals surface area contributed by atoms with Crippen LogP contribution >= 0.6 is 11.3 Å². The Labute approximate surface area is 102 Å². The fourth-order valence-corrected chi connectivity index (χ4v) is 2.24. The van der Waals surface area contributed by atoms with Crippen LogP contribution in [-0.2, 0) is 13.5 Å². The molecule has 0 aliphatic rings. The Morgan fingerprint density at radius 1 is 1.65 bits per heavy atom. The Hall–Kier alpha value is -1.69. The predicted octanol–water partition coefficient (Wildman–Crippen LogP) is 1.69. The fraction of sp³-hybridized carbons (Fsp3) is 0.364. The van der Waals surface area contributed by atoms with E-state index in [-0.39, 0.29) is 5.91 Å². The number of hydrogen-bond acceptors (Lipinski definition) is 4. The second kappa shape index (κ2) is 4.67. The highest BCUT2D eigenvalue weighted by Crippen LogP contribution is 2.14. The van der Waals surface area contributed by atoms with Crippen LogP contribution in [0.4, 0.5) is 0 Å². The maximum atomic E-state index is 12.1. The number of carbonyl (C=O) groups excluding carboxylic acids is 1. The van der Waals surface area contributed by atoms with Gasteiger partial charge in [-0.2, -0.15) is 4.99 Å². The van der Waals surface area contributed by atoms with Gasteiger partial charge in [-0.1, -0.05) is 12.1 Å². The topological polar surface area (TPSA) is 60.4 Å². The molecule has 0 fully saturated rings. The van der Waals surface area contributed by atoms with Crippen molar-refractivity contribution in [1.82, 2.24) is 9.72 Å². The number of nitrogens with zero attached hydrogens (tertiary/aromatic N) is 3. The SMILES string of the molecule is CCc1noc(C)c1C(=O)N=c1sccn1C. The molecule has 0 unspecified atom stereocenters. The molecule has 0 aliphatic heterocycles. The molecule has 0 spiro atoms. The van der Waals surface area contributed by atoms with Gasteiger partial charge in [0, 0.05) is 18.6 Å². The van der Waals surface area contributed by atoms with E-state index in [1.807, 2.05) is 25.5 Å². The Balaban J connectivity index is 2.45. The molecule has 2 aromatic rings. The summed E-state index contributed by atoms with van der Waals surface area (Å²) in [4.78, 5) is 16.8. The second-order valence-corrected chi connectivity index (χ2v) is 4.50. The predicted molar refractivity (Wildman–Crippen MR) is 63.8 cm³/mol. The summed E-state index contributed by atoms with van der Waals surface area (Å²) in [5.74, 6) is 0.230. The Morgan fingerprint density at radius 3 is 3.00 bits per heavy atom. The van der Waals surface area contributed by atoms with Crippen molar-refractivity contribution >= 4 is 17.2 Å². The quantitative estimate of drug-likeness (QED) is 0.816. The molecule has 17 heavy (non-hydrogen) atoms. The van der Waals surface area contributed by atoms with Crippen molar-refractivity contribution in [3.8, 4) is 0 Å². The summed E-state index contributed by atoms with van der Waals surface area (Å²) in [6.45, 7) is 3.66. The first kappa shape index (κ1) is 11.8. The van der Waals surface area contributed by atoms with E-state index in [9.17, 15) is 4.79 Å². The first-order valence-electron chi connectivity index (χ1n) is 5.27. The van der Waals surface area contributed by atoms with Crippen LogP contribution in [0.15, 0.2) is 21.1 Å². The lowest BCUT2D eigenvalue weighted by molar-refractivity contribution is 0.0995. The molecule has 0 saturated carbocycles.